The maximum absolute atomic E-state index is 13.8. The summed E-state index contributed by atoms with van der Waals surface area (Å²) in [5.41, 5.74) is 0.385. The summed E-state index contributed by atoms with van der Waals surface area (Å²) in [7, 11) is 0. The number of hydrogen-bond donors (Lipinski definition) is 1. The van der Waals surface area contributed by atoms with Crippen molar-refractivity contribution in [2.75, 3.05) is 32.9 Å². The number of halogens is 4. The first-order valence-electron chi connectivity index (χ1n) is 6.18. The largest absolute Gasteiger partial charge is 0.314 e. The molecule has 1 saturated heterocycles. The van der Waals surface area contributed by atoms with Crippen molar-refractivity contribution in [3.63, 3.8) is 0 Å². The van der Waals surface area contributed by atoms with Crippen molar-refractivity contribution in [2.24, 2.45) is 0 Å². The lowest BCUT2D eigenvalue weighted by atomic mass is 10.0. The first-order chi connectivity index (χ1) is 8.72. The van der Waals surface area contributed by atoms with Gasteiger partial charge in [0.05, 0.1) is 6.67 Å². The monoisotopic (exact) mass is 294 g/mol. The number of rotatable bonds is 4. The fourth-order valence-electron chi connectivity index (χ4n) is 2.40. The molecular formula is C13H18ClF3N2. The van der Waals surface area contributed by atoms with E-state index in [1.807, 2.05) is 4.90 Å². The molecule has 0 aromatic heterocycles. The molecule has 1 aromatic carbocycles. The summed E-state index contributed by atoms with van der Waals surface area (Å²) in [5, 5.41) is 3.20. The van der Waals surface area contributed by atoms with Gasteiger partial charge in [-0.25, -0.2) is 8.78 Å². The quantitative estimate of drug-likeness (QED) is 0.918. The van der Waals surface area contributed by atoms with E-state index in [0.29, 0.717) is 5.56 Å². The van der Waals surface area contributed by atoms with Gasteiger partial charge in [-0.15, -0.1) is 12.4 Å². The number of alkyl halides is 1. The minimum absolute atomic E-state index is 0. The molecule has 0 amide bonds. The Labute approximate surface area is 117 Å². The van der Waals surface area contributed by atoms with E-state index >= 15 is 0 Å². The van der Waals surface area contributed by atoms with E-state index in [2.05, 4.69) is 5.32 Å². The minimum Gasteiger partial charge on any atom is -0.314 e. The van der Waals surface area contributed by atoms with Crippen molar-refractivity contribution in [2.45, 2.75) is 12.5 Å². The van der Waals surface area contributed by atoms with Crippen LogP contribution in [-0.2, 0) is 0 Å². The van der Waals surface area contributed by atoms with Gasteiger partial charge in [0.1, 0.15) is 11.6 Å². The third kappa shape index (κ3) is 4.09. The molecule has 1 aliphatic heterocycles. The van der Waals surface area contributed by atoms with Gasteiger partial charge >= 0.3 is 0 Å². The maximum atomic E-state index is 13.8. The summed E-state index contributed by atoms with van der Waals surface area (Å²) >= 11 is 0. The van der Waals surface area contributed by atoms with E-state index in [9.17, 15) is 13.2 Å². The van der Waals surface area contributed by atoms with Crippen molar-refractivity contribution in [3.05, 3.63) is 35.4 Å². The maximum Gasteiger partial charge on any atom is 0.130 e. The molecule has 0 saturated carbocycles. The first kappa shape index (κ1) is 16.3. The highest BCUT2D eigenvalue weighted by Crippen LogP contribution is 2.27. The lowest BCUT2D eigenvalue weighted by Crippen LogP contribution is -2.45. The van der Waals surface area contributed by atoms with Gasteiger partial charge in [-0.1, -0.05) is 6.07 Å². The standard InChI is InChI=1S/C13H17F3N2.ClH/c14-4-3-13(18-7-5-17-6-8-18)11-2-1-10(15)9-12(11)16;/h1-2,9,13,17H,3-8H2;1H/t13-;/m0./s1. The SMILES string of the molecule is Cl.FCC[C@@H](c1ccc(F)cc1F)N1CCNCC1. The van der Waals surface area contributed by atoms with E-state index in [1.54, 1.807) is 0 Å². The third-order valence-electron chi connectivity index (χ3n) is 3.30. The van der Waals surface area contributed by atoms with E-state index < -0.39 is 18.3 Å². The topological polar surface area (TPSA) is 15.3 Å². The second-order valence-corrected chi connectivity index (χ2v) is 4.45. The normalized spacial score (nSPS) is 17.8. The summed E-state index contributed by atoms with van der Waals surface area (Å²) in [4.78, 5) is 2.05. The van der Waals surface area contributed by atoms with E-state index in [0.717, 1.165) is 32.2 Å². The van der Waals surface area contributed by atoms with Gasteiger partial charge in [0.15, 0.2) is 0 Å². The zero-order chi connectivity index (χ0) is 13.0. The fraction of sp³-hybridized carbons (Fsp3) is 0.538. The Morgan fingerprint density at radius 3 is 2.47 bits per heavy atom. The molecule has 0 aliphatic carbocycles. The van der Waals surface area contributed by atoms with Crippen LogP contribution >= 0.6 is 12.4 Å². The molecule has 6 heteroatoms. The number of benzene rings is 1. The molecule has 1 aliphatic rings. The predicted octanol–water partition coefficient (Wildman–Crippen LogP) is 2.69. The molecule has 1 atom stereocenters. The number of nitrogens with one attached hydrogen (secondary N) is 1. The fourth-order valence-corrected chi connectivity index (χ4v) is 2.40. The summed E-state index contributed by atoms with van der Waals surface area (Å²) in [6.07, 6.45) is 0.239. The van der Waals surface area contributed by atoms with Crippen molar-refractivity contribution < 1.29 is 13.2 Å². The van der Waals surface area contributed by atoms with Crippen molar-refractivity contribution >= 4 is 12.4 Å². The Hall–Kier alpha value is -0.780. The molecule has 1 aromatic rings. The molecule has 1 fully saturated rings. The van der Waals surface area contributed by atoms with Crippen LogP contribution in [0.2, 0.25) is 0 Å². The molecule has 2 nitrogen and oxygen atoms in total. The zero-order valence-corrected chi connectivity index (χ0v) is 11.4. The summed E-state index contributed by atoms with van der Waals surface area (Å²) < 4.78 is 39.3. The first-order valence-corrected chi connectivity index (χ1v) is 6.18. The lowest BCUT2D eigenvalue weighted by Gasteiger charge is -2.35. The molecule has 1 heterocycles. The van der Waals surface area contributed by atoms with Crippen LogP contribution in [0.15, 0.2) is 18.2 Å². The number of piperazine rings is 1. The molecule has 2 rings (SSSR count). The second kappa shape index (κ2) is 7.72. The van der Waals surface area contributed by atoms with Gasteiger partial charge in [0.2, 0.25) is 0 Å². The molecule has 0 unspecified atom stereocenters. The Morgan fingerprint density at radius 1 is 1.21 bits per heavy atom. The Kier molecular flexibility index (Phi) is 6.62. The summed E-state index contributed by atoms with van der Waals surface area (Å²) in [6.45, 7) is 2.62. The second-order valence-electron chi connectivity index (χ2n) is 4.45. The number of nitrogens with zero attached hydrogens (tertiary/aromatic N) is 1. The molecule has 0 bridgehead atoms. The van der Waals surface area contributed by atoms with Crippen molar-refractivity contribution in [1.29, 1.82) is 0 Å². The lowest BCUT2D eigenvalue weighted by molar-refractivity contribution is 0.154. The highest BCUT2D eigenvalue weighted by molar-refractivity contribution is 5.85. The predicted molar refractivity (Wildman–Crippen MR) is 71.4 cm³/mol. The van der Waals surface area contributed by atoms with Gasteiger partial charge in [-0.2, -0.15) is 0 Å². The average molecular weight is 295 g/mol. The highest BCUT2D eigenvalue weighted by Gasteiger charge is 2.24. The third-order valence-corrected chi connectivity index (χ3v) is 3.30. The average Bonchev–Trinajstić information content (AvgIpc) is 2.38. The van der Waals surface area contributed by atoms with Crippen molar-refractivity contribution in [3.8, 4) is 0 Å². The Morgan fingerprint density at radius 2 is 1.89 bits per heavy atom. The summed E-state index contributed by atoms with van der Waals surface area (Å²) in [5.74, 6) is -1.19. The van der Waals surface area contributed by atoms with Crippen LogP contribution in [0, 0.1) is 11.6 Å². The van der Waals surface area contributed by atoms with Crippen molar-refractivity contribution in [1.82, 2.24) is 10.2 Å². The van der Waals surface area contributed by atoms with E-state index in [1.165, 1.54) is 12.1 Å². The molecule has 1 N–H and O–H groups in total. The Bertz CT molecular complexity index is 397. The molecule has 108 valence electrons. The van der Waals surface area contributed by atoms with E-state index in [4.69, 9.17) is 0 Å². The molecule has 19 heavy (non-hydrogen) atoms. The van der Waals surface area contributed by atoms with Crippen LogP contribution in [0.3, 0.4) is 0 Å². The van der Waals surface area contributed by atoms with Crippen LogP contribution in [0.5, 0.6) is 0 Å². The van der Waals surface area contributed by atoms with Gasteiger partial charge in [0, 0.05) is 43.9 Å². The van der Waals surface area contributed by atoms with Crippen LogP contribution < -0.4 is 5.32 Å². The van der Waals surface area contributed by atoms with Gasteiger partial charge in [0.25, 0.3) is 0 Å². The van der Waals surface area contributed by atoms with Crippen LogP contribution in [0.25, 0.3) is 0 Å². The van der Waals surface area contributed by atoms with Gasteiger partial charge in [-0.3, -0.25) is 9.29 Å². The van der Waals surface area contributed by atoms with Crippen LogP contribution in [-0.4, -0.2) is 37.8 Å². The molecule has 0 radical (unpaired) electrons. The molecule has 0 spiro atoms. The van der Waals surface area contributed by atoms with Gasteiger partial charge in [-0.05, 0) is 12.5 Å². The number of hydrogen-bond acceptors (Lipinski definition) is 2. The van der Waals surface area contributed by atoms with Crippen LogP contribution in [0.1, 0.15) is 18.0 Å². The zero-order valence-electron chi connectivity index (χ0n) is 10.5. The summed E-state index contributed by atoms with van der Waals surface area (Å²) in [6, 6.07) is 3.21. The van der Waals surface area contributed by atoms with E-state index in [-0.39, 0.29) is 24.9 Å². The van der Waals surface area contributed by atoms with Gasteiger partial charge < -0.3 is 5.32 Å². The van der Waals surface area contributed by atoms with Crippen LogP contribution in [0.4, 0.5) is 13.2 Å². The smallest absolute Gasteiger partial charge is 0.130 e. The highest BCUT2D eigenvalue weighted by atomic mass is 35.5. The molecular weight excluding hydrogens is 277 g/mol. The Balaban J connectivity index is 0.00000180. The minimum atomic E-state index is -0.601.